The molecule has 0 spiro atoms. The van der Waals surface area contributed by atoms with E-state index in [-0.39, 0.29) is 5.02 Å². The molecule has 5 heteroatoms. The molecule has 0 bridgehead atoms. The first-order valence-electron chi connectivity index (χ1n) is 6.73. The average molecular weight is 297 g/mol. The van der Waals surface area contributed by atoms with Crippen molar-refractivity contribution >= 4 is 11.6 Å². The van der Waals surface area contributed by atoms with Crippen LogP contribution in [0.5, 0.6) is 0 Å². The molecule has 0 radical (unpaired) electrons. The Morgan fingerprint density at radius 1 is 1.35 bits per heavy atom. The number of hydrogen-bond donors (Lipinski definition) is 1. The molecule has 20 heavy (non-hydrogen) atoms. The lowest BCUT2D eigenvalue weighted by Crippen LogP contribution is -2.08. The van der Waals surface area contributed by atoms with Gasteiger partial charge in [-0.3, -0.25) is 4.68 Å². The predicted octanol–water partition coefficient (Wildman–Crippen LogP) is 3.53. The number of halogens is 2. The summed E-state index contributed by atoms with van der Waals surface area (Å²) in [6.45, 7) is 4.79. The third-order valence-electron chi connectivity index (χ3n) is 3.31. The van der Waals surface area contributed by atoms with E-state index in [1.165, 1.54) is 12.1 Å². The number of aryl methyl sites for hydroxylation is 2. The van der Waals surface area contributed by atoms with Gasteiger partial charge in [-0.25, -0.2) is 4.39 Å². The Balaban J connectivity index is 2.20. The lowest BCUT2D eigenvalue weighted by Gasteiger charge is -2.12. The van der Waals surface area contributed by atoms with E-state index in [4.69, 9.17) is 11.6 Å². The highest BCUT2D eigenvalue weighted by molar-refractivity contribution is 6.30. The second-order valence-corrected chi connectivity index (χ2v) is 5.10. The molecule has 0 amide bonds. The zero-order chi connectivity index (χ0) is 14.7. The highest BCUT2D eigenvalue weighted by Gasteiger charge is 2.14. The zero-order valence-corrected chi connectivity index (χ0v) is 12.4. The van der Waals surface area contributed by atoms with Crippen LogP contribution in [0, 0.1) is 5.82 Å². The summed E-state index contributed by atoms with van der Waals surface area (Å²) in [7, 11) is 0. The first kappa shape index (κ1) is 15.0. The fraction of sp³-hybridized carbons (Fsp3) is 0.400. The van der Waals surface area contributed by atoms with E-state index in [1.807, 2.05) is 24.6 Å². The van der Waals surface area contributed by atoms with E-state index in [1.54, 1.807) is 6.07 Å². The predicted molar refractivity (Wildman–Crippen MR) is 77.4 cm³/mol. The Hall–Kier alpha value is -1.39. The van der Waals surface area contributed by atoms with Crippen molar-refractivity contribution in [2.75, 3.05) is 0 Å². The van der Waals surface area contributed by atoms with Gasteiger partial charge < -0.3 is 5.11 Å². The van der Waals surface area contributed by atoms with E-state index in [2.05, 4.69) is 5.10 Å². The number of rotatable bonds is 5. The van der Waals surface area contributed by atoms with Gasteiger partial charge in [0.25, 0.3) is 0 Å². The molecule has 1 aromatic carbocycles. The number of nitrogens with zero attached hydrogens (tertiary/aromatic N) is 2. The minimum atomic E-state index is -0.770. The molecule has 2 rings (SSSR count). The zero-order valence-electron chi connectivity index (χ0n) is 11.6. The lowest BCUT2D eigenvalue weighted by atomic mass is 10.0. The number of hydrogen-bond acceptors (Lipinski definition) is 2. The van der Waals surface area contributed by atoms with E-state index in [9.17, 15) is 9.50 Å². The molecule has 1 atom stereocenters. The molecule has 0 saturated carbocycles. The number of aliphatic hydroxyl groups excluding tert-OH is 1. The fourth-order valence-electron chi connectivity index (χ4n) is 2.16. The van der Waals surface area contributed by atoms with Crippen molar-refractivity contribution in [3.63, 3.8) is 0 Å². The second-order valence-electron chi connectivity index (χ2n) is 4.69. The second kappa shape index (κ2) is 6.37. The van der Waals surface area contributed by atoms with Gasteiger partial charge in [-0.05, 0) is 37.1 Å². The largest absolute Gasteiger partial charge is 0.388 e. The molecule has 0 aliphatic carbocycles. The van der Waals surface area contributed by atoms with Crippen LogP contribution in [0.15, 0.2) is 24.3 Å². The minimum absolute atomic E-state index is 0.0628. The fourth-order valence-corrected chi connectivity index (χ4v) is 2.28. The lowest BCUT2D eigenvalue weighted by molar-refractivity contribution is 0.175. The van der Waals surface area contributed by atoms with Gasteiger partial charge in [0, 0.05) is 18.7 Å². The van der Waals surface area contributed by atoms with Crippen LogP contribution in [0.3, 0.4) is 0 Å². The summed E-state index contributed by atoms with van der Waals surface area (Å²) in [5.41, 5.74) is 2.47. The van der Waals surface area contributed by atoms with E-state index in [0.29, 0.717) is 12.0 Å². The van der Waals surface area contributed by atoms with Crippen LogP contribution in [-0.4, -0.2) is 14.9 Å². The molecule has 1 heterocycles. The third-order valence-corrected chi connectivity index (χ3v) is 3.61. The Labute approximate surface area is 123 Å². The minimum Gasteiger partial charge on any atom is -0.388 e. The summed E-state index contributed by atoms with van der Waals surface area (Å²) in [5, 5.41) is 14.7. The number of benzene rings is 1. The van der Waals surface area contributed by atoms with Crippen LogP contribution in [-0.2, 0) is 19.4 Å². The van der Waals surface area contributed by atoms with Crippen molar-refractivity contribution in [2.45, 2.75) is 39.3 Å². The summed E-state index contributed by atoms with van der Waals surface area (Å²) < 4.78 is 15.3. The van der Waals surface area contributed by atoms with Crippen molar-refractivity contribution in [3.8, 4) is 0 Å². The van der Waals surface area contributed by atoms with Gasteiger partial charge in [0.05, 0.1) is 16.8 Å². The van der Waals surface area contributed by atoms with Gasteiger partial charge in [-0.1, -0.05) is 24.6 Å². The molecule has 0 aliphatic rings. The van der Waals surface area contributed by atoms with Crippen LogP contribution < -0.4 is 0 Å². The molecule has 0 saturated heterocycles. The first-order chi connectivity index (χ1) is 9.55. The molecule has 108 valence electrons. The van der Waals surface area contributed by atoms with E-state index in [0.717, 1.165) is 24.4 Å². The quantitative estimate of drug-likeness (QED) is 0.916. The van der Waals surface area contributed by atoms with Crippen LogP contribution in [0.2, 0.25) is 5.02 Å². The number of aliphatic hydroxyl groups is 1. The van der Waals surface area contributed by atoms with Crippen molar-refractivity contribution < 1.29 is 9.50 Å². The van der Waals surface area contributed by atoms with Crippen molar-refractivity contribution in [1.29, 1.82) is 0 Å². The third kappa shape index (κ3) is 3.19. The normalized spacial score (nSPS) is 12.7. The molecule has 1 N–H and O–H groups in total. The molecule has 1 unspecified atom stereocenters. The van der Waals surface area contributed by atoms with Gasteiger partial charge in [0.2, 0.25) is 0 Å². The summed E-state index contributed by atoms with van der Waals surface area (Å²) >= 11 is 5.64. The monoisotopic (exact) mass is 296 g/mol. The maximum atomic E-state index is 13.4. The van der Waals surface area contributed by atoms with E-state index >= 15 is 0 Å². The van der Waals surface area contributed by atoms with Crippen molar-refractivity contribution in [1.82, 2.24) is 9.78 Å². The summed E-state index contributed by atoms with van der Waals surface area (Å²) in [6, 6.07) is 6.37. The van der Waals surface area contributed by atoms with Crippen LogP contribution in [0.4, 0.5) is 4.39 Å². The summed E-state index contributed by atoms with van der Waals surface area (Å²) in [5.74, 6) is -0.513. The summed E-state index contributed by atoms with van der Waals surface area (Å²) in [6.07, 6.45) is 0.488. The summed E-state index contributed by atoms with van der Waals surface area (Å²) in [4.78, 5) is 0. The standard InChI is InChI=1S/C15H18ClFN2O/c1-3-11-8-12(19(4-2)18-11)9-15(20)10-5-6-13(16)14(17)7-10/h5-8,15,20H,3-4,9H2,1-2H3. The highest BCUT2D eigenvalue weighted by atomic mass is 35.5. The molecule has 3 nitrogen and oxygen atoms in total. The number of aromatic nitrogens is 2. The Kier molecular flexibility index (Phi) is 4.78. The topological polar surface area (TPSA) is 38.0 Å². The smallest absolute Gasteiger partial charge is 0.142 e. The van der Waals surface area contributed by atoms with Gasteiger partial charge >= 0.3 is 0 Å². The molecule has 0 fully saturated rings. The molecule has 0 aliphatic heterocycles. The highest BCUT2D eigenvalue weighted by Crippen LogP contribution is 2.23. The van der Waals surface area contributed by atoms with Crippen LogP contribution in [0.25, 0.3) is 0 Å². The van der Waals surface area contributed by atoms with Gasteiger partial charge in [0.1, 0.15) is 5.82 Å². The van der Waals surface area contributed by atoms with Crippen LogP contribution >= 0.6 is 11.6 Å². The molecule has 1 aromatic heterocycles. The first-order valence-corrected chi connectivity index (χ1v) is 7.11. The Morgan fingerprint density at radius 2 is 2.10 bits per heavy atom. The maximum Gasteiger partial charge on any atom is 0.142 e. The SMILES string of the molecule is CCc1cc(CC(O)c2ccc(Cl)c(F)c2)n(CC)n1. The average Bonchev–Trinajstić information content (AvgIpc) is 2.84. The van der Waals surface area contributed by atoms with Gasteiger partial charge in [0.15, 0.2) is 0 Å². The maximum absolute atomic E-state index is 13.4. The molecule has 2 aromatic rings. The van der Waals surface area contributed by atoms with Gasteiger partial charge in [-0.2, -0.15) is 5.10 Å². The Morgan fingerprint density at radius 3 is 2.70 bits per heavy atom. The van der Waals surface area contributed by atoms with Gasteiger partial charge in [-0.15, -0.1) is 0 Å². The Bertz CT molecular complexity index is 598. The van der Waals surface area contributed by atoms with E-state index < -0.39 is 11.9 Å². The van der Waals surface area contributed by atoms with Crippen molar-refractivity contribution in [3.05, 3.63) is 52.1 Å². The van der Waals surface area contributed by atoms with Crippen molar-refractivity contribution in [2.24, 2.45) is 0 Å². The molecular formula is C15H18ClFN2O. The van der Waals surface area contributed by atoms with Crippen LogP contribution in [0.1, 0.15) is 36.9 Å². The molecular weight excluding hydrogens is 279 g/mol.